The van der Waals surface area contributed by atoms with Gasteiger partial charge in [0.05, 0.1) is 22.0 Å². The molecule has 3 aromatic carbocycles. The van der Waals surface area contributed by atoms with Crippen molar-refractivity contribution in [1.29, 1.82) is 0 Å². The number of aryl methyl sites for hydroxylation is 2. The fraction of sp³-hybridized carbons (Fsp3) is 0.154. The van der Waals surface area contributed by atoms with Gasteiger partial charge >= 0.3 is 6.03 Å². The maximum absolute atomic E-state index is 12.2. The third kappa shape index (κ3) is 6.34. The third-order valence-electron chi connectivity index (χ3n) is 5.41. The molecular weight excluding hydrogens is 462 g/mol. The number of nitrogens with two attached hydrogens (primary N) is 1. The minimum absolute atomic E-state index is 0.0462. The number of urea groups is 1. The molecule has 0 aliphatic heterocycles. The van der Waals surface area contributed by atoms with E-state index in [9.17, 15) is 13.2 Å². The molecule has 0 fully saturated rings. The van der Waals surface area contributed by atoms with Gasteiger partial charge in [-0.05, 0) is 67.8 Å². The molecule has 4 rings (SSSR count). The van der Waals surface area contributed by atoms with Crippen LogP contribution < -0.4 is 15.8 Å². The van der Waals surface area contributed by atoms with Crippen LogP contribution in [0.5, 0.6) is 0 Å². The second-order valence-corrected chi connectivity index (χ2v) is 9.75. The Labute approximate surface area is 204 Å². The number of hydrogen-bond acceptors (Lipinski definition) is 4. The van der Waals surface area contributed by atoms with Crippen LogP contribution in [0.1, 0.15) is 17.7 Å². The first kappa shape index (κ1) is 24.2. The van der Waals surface area contributed by atoms with E-state index in [0.29, 0.717) is 19.4 Å². The number of aromatic nitrogens is 2. The summed E-state index contributed by atoms with van der Waals surface area (Å²) in [6.07, 6.45) is 1.36. The molecule has 180 valence electrons. The number of nitrogens with zero attached hydrogens (tertiary/aromatic N) is 2. The summed E-state index contributed by atoms with van der Waals surface area (Å²) >= 11 is 0. The predicted octanol–water partition coefficient (Wildman–Crippen LogP) is 4.25. The van der Waals surface area contributed by atoms with Gasteiger partial charge in [-0.15, -0.1) is 0 Å². The quantitative estimate of drug-likeness (QED) is 0.321. The summed E-state index contributed by atoms with van der Waals surface area (Å²) in [6.45, 7) is 2.47. The number of rotatable bonds is 8. The first-order chi connectivity index (χ1) is 16.8. The average Bonchev–Trinajstić information content (AvgIpc) is 3.26. The number of carbonyl (C=O) groups is 1. The van der Waals surface area contributed by atoms with Crippen LogP contribution in [-0.2, 0) is 16.4 Å². The smallest absolute Gasteiger partial charge is 0.319 e. The van der Waals surface area contributed by atoms with E-state index in [-0.39, 0.29) is 10.9 Å². The van der Waals surface area contributed by atoms with E-state index in [1.165, 1.54) is 12.1 Å². The van der Waals surface area contributed by atoms with Crippen molar-refractivity contribution in [2.45, 2.75) is 24.7 Å². The number of amides is 2. The summed E-state index contributed by atoms with van der Waals surface area (Å²) in [5.41, 5.74) is 5.28. The molecule has 0 atom stereocenters. The van der Waals surface area contributed by atoms with Gasteiger partial charge in [-0.1, -0.05) is 42.5 Å². The van der Waals surface area contributed by atoms with Gasteiger partial charge in [-0.2, -0.15) is 5.10 Å². The molecule has 4 N–H and O–H groups in total. The molecule has 0 unspecified atom stereocenters. The van der Waals surface area contributed by atoms with Crippen molar-refractivity contribution in [3.05, 3.63) is 96.2 Å². The summed E-state index contributed by atoms with van der Waals surface area (Å²) in [4.78, 5) is 12.2. The fourth-order valence-electron chi connectivity index (χ4n) is 3.71. The molecule has 1 heterocycles. The Bertz CT molecular complexity index is 1420. The molecule has 0 saturated carbocycles. The molecule has 4 aromatic rings. The van der Waals surface area contributed by atoms with E-state index in [4.69, 9.17) is 10.2 Å². The van der Waals surface area contributed by atoms with Crippen LogP contribution in [0.15, 0.2) is 89.8 Å². The predicted molar refractivity (Wildman–Crippen MR) is 137 cm³/mol. The number of hydrogen-bond donors (Lipinski definition) is 3. The highest BCUT2D eigenvalue weighted by Gasteiger charge is 2.13. The van der Waals surface area contributed by atoms with Gasteiger partial charge in [0, 0.05) is 17.8 Å². The number of anilines is 1. The molecule has 0 saturated heterocycles. The highest BCUT2D eigenvalue weighted by molar-refractivity contribution is 7.89. The highest BCUT2D eigenvalue weighted by Crippen LogP contribution is 2.25. The Balaban J connectivity index is 1.45. The third-order valence-corrected chi connectivity index (χ3v) is 6.34. The minimum atomic E-state index is -3.77. The summed E-state index contributed by atoms with van der Waals surface area (Å²) in [5, 5.41) is 15.7. The van der Waals surface area contributed by atoms with Crippen molar-refractivity contribution >= 4 is 21.7 Å². The van der Waals surface area contributed by atoms with Crippen LogP contribution in [0, 0.1) is 6.92 Å². The molecule has 35 heavy (non-hydrogen) atoms. The Hall–Kier alpha value is -3.95. The molecular formula is C26H27N5O3S. The number of carbonyl (C=O) groups excluding carboxylic acids is 1. The second-order valence-electron chi connectivity index (χ2n) is 8.19. The zero-order valence-electron chi connectivity index (χ0n) is 19.3. The van der Waals surface area contributed by atoms with E-state index in [1.54, 1.807) is 16.8 Å². The van der Waals surface area contributed by atoms with Crippen molar-refractivity contribution in [1.82, 2.24) is 15.1 Å². The van der Waals surface area contributed by atoms with Crippen molar-refractivity contribution in [2.75, 3.05) is 11.9 Å². The molecule has 0 spiro atoms. The summed E-state index contributed by atoms with van der Waals surface area (Å²) in [7, 11) is -3.77. The lowest BCUT2D eigenvalue weighted by Gasteiger charge is -2.08. The van der Waals surface area contributed by atoms with Gasteiger partial charge in [0.2, 0.25) is 10.0 Å². The van der Waals surface area contributed by atoms with E-state index < -0.39 is 10.0 Å². The molecule has 8 nitrogen and oxygen atoms in total. The van der Waals surface area contributed by atoms with E-state index >= 15 is 0 Å². The molecule has 0 radical (unpaired) electrons. The molecule has 0 bridgehead atoms. The first-order valence-corrected chi connectivity index (χ1v) is 12.7. The van der Waals surface area contributed by atoms with E-state index in [1.807, 2.05) is 67.6 Å². The largest absolute Gasteiger partial charge is 0.338 e. The molecule has 2 amide bonds. The van der Waals surface area contributed by atoms with E-state index in [0.717, 1.165) is 33.9 Å². The number of primary sulfonamides is 1. The van der Waals surface area contributed by atoms with Crippen molar-refractivity contribution in [2.24, 2.45) is 5.14 Å². The van der Waals surface area contributed by atoms with Crippen molar-refractivity contribution < 1.29 is 13.2 Å². The maximum atomic E-state index is 12.2. The lowest BCUT2D eigenvalue weighted by Crippen LogP contribution is -2.29. The summed E-state index contributed by atoms with van der Waals surface area (Å²) in [5.74, 6) is 0. The lowest BCUT2D eigenvalue weighted by atomic mass is 10.1. The normalized spacial score (nSPS) is 11.3. The standard InChI is InChI=1S/C26H27N5O3S/c1-19-7-5-10-21(17-19)29-26(32)28-16-6-11-22-18-25(20-8-3-2-4-9-20)31(30-22)23-12-14-24(15-13-23)35(27,33)34/h2-5,7-10,12-15,17-18H,6,11,16H2,1H3,(H2,27,33,34)(H2,28,29,32). The van der Waals surface area contributed by atoms with Crippen LogP contribution >= 0.6 is 0 Å². The summed E-state index contributed by atoms with van der Waals surface area (Å²) in [6, 6.07) is 25.5. The van der Waals surface area contributed by atoms with Gasteiger partial charge in [-0.25, -0.2) is 23.0 Å². The van der Waals surface area contributed by atoms with Crippen molar-refractivity contribution in [3.8, 4) is 16.9 Å². The lowest BCUT2D eigenvalue weighted by molar-refractivity contribution is 0.252. The number of sulfonamides is 1. The van der Waals surface area contributed by atoms with Crippen LogP contribution in [0.4, 0.5) is 10.5 Å². The van der Waals surface area contributed by atoms with E-state index in [2.05, 4.69) is 10.6 Å². The Kier molecular flexibility index (Phi) is 7.28. The number of nitrogens with one attached hydrogen (secondary N) is 2. The van der Waals surface area contributed by atoms with Crippen LogP contribution in [-0.4, -0.2) is 30.8 Å². The monoisotopic (exact) mass is 489 g/mol. The van der Waals surface area contributed by atoms with Gasteiger partial charge in [0.15, 0.2) is 0 Å². The summed E-state index contributed by atoms with van der Waals surface area (Å²) < 4.78 is 25.0. The number of benzene rings is 3. The molecule has 9 heteroatoms. The van der Waals surface area contributed by atoms with Crippen molar-refractivity contribution in [3.63, 3.8) is 0 Å². The van der Waals surface area contributed by atoms with Gasteiger partial charge < -0.3 is 10.6 Å². The topological polar surface area (TPSA) is 119 Å². The minimum Gasteiger partial charge on any atom is -0.338 e. The SMILES string of the molecule is Cc1cccc(NC(=O)NCCCc2cc(-c3ccccc3)n(-c3ccc(S(N)(=O)=O)cc3)n2)c1. The van der Waals surface area contributed by atoms with Gasteiger partial charge in [-0.3, -0.25) is 0 Å². The molecule has 0 aliphatic carbocycles. The highest BCUT2D eigenvalue weighted by atomic mass is 32.2. The van der Waals surface area contributed by atoms with Crippen LogP contribution in [0.3, 0.4) is 0 Å². The van der Waals surface area contributed by atoms with Gasteiger partial charge in [0.1, 0.15) is 0 Å². The zero-order chi connectivity index (χ0) is 24.8. The Morgan fingerprint density at radius 3 is 2.40 bits per heavy atom. The molecule has 0 aliphatic rings. The Morgan fingerprint density at radius 1 is 0.971 bits per heavy atom. The van der Waals surface area contributed by atoms with Crippen LogP contribution in [0.2, 0.25) is 0 Å². The average molecular weight is 490 g/mol. The fourth-order valence-corrected chi connectivity index (χ4v) is 4.23. The van der Waals surface area contributed by atoms with Gasteiger partial charge in [0.25, 0.3) is 0 Å². The first-order valence-electron chi connectivity index (χ1n) is 11.2. The molecule has 1 aromatic heterocycles. The zero-order valence-corrected chi connectivity index (χ0v) is 20.1. The second kappa shape index (κ2) is 10.5. The van der Waals surface area contributed by atoms with Crippen LogP contribution in [0.25, 0.3) is 16.9 Å². The Morgan fingerprint density at radius 2 is 1.71 bits per heavy atom. The maximum Gasteiger partial charge on any atom is 0.319 e.